The van der Waals surface area contributed by atoms with Crippen molar-refractivity contribution >= 4 is 23.4 Å². The van der Waals surface area contributed by atoms with E-state index in [2.05, 4.69) is 15.4 Å². The van der Waals surface area contributed by atoms with E-state index in [1.165, 1.54) is 31.4 Å². The van der Waals surface area contributed by atoms with E-state index < -0.39 is 18.0 Å². The summed E-state index contributed by atoms with van der Waals surface area (Å²) in [4.78, 5) is 27.7. The number of anilines is 1. The van der Waals surface area contributed by atoms with Gasteiger partial charge in [0, 0.05) is 17.4 Å². The molecule has 0 saturated heterocycles. The number of hydrogen-bond acceptors (Lipinski definition) is 6. The zero-order valence-electron chi connectivity index (χ0n) is 19.5. The molecular formula is C25H25FN4O5. The molecule has 2 heterocycles. The molecule has 1 aliphatic heterocycles. The number of carbonyl (C=O) groups excluding carboxylic acids is 2. The third kappa shape index (κ3) is 4.96. The first-order chi connectivity index (χ1) is 16.9. The molecule has 4 rings (SSSR count). The lowest BCUT2D eigenvalue weighted by atomic mass is 10.0. The highest BCUT2D eigenvalue weighted by Crippen LogP contribution is 2.36. The second-order valence-corrected chi connectivity index (χ2v) is 7.72. The number of aromatic nitrogens is 1. The van der Waals surface area contributed by atoms with Gasteiger partial charge in [-0.2, -0.15) is 10.1 Å². The van der Waals surface area contributed by atoms with E-state index in [-0.39, 0.29) is 24.0 Å². The maximum Gasteiger partial charge on any atom is 0.431 e. The quantitative estimate of drug-likeness (QED) is 0.492. The van der Waals surface area contributed by atoms with E-state index in [1.54, 1.807) is 42.6 Å². The minimum absolute atomic E-state index is 0.0528. The van der Waals surface area contributed by atoms with Gasteiger partial charge in [0.25, 0.3) is 5.91 Å². The summed E-state index contributed by atoms with van der Waals surface area (Å²) >= 11 is 0. The smallest absolute Gasteiger partial charge is 0.431 e. The Morgan fingerprint density at radius 1 is 1.14 bits per heavy atom. The number of ether oxygens (including phenoxy) is 3. The Morgan fingerprint density at radius 2 is 1.89 bits per heavy atom. The van der Waals surface area contributed by atoms with Gasteiger partial charge in [-0.25, -0.2) is 9.18 Å². The van der Waals surface area contributed by atoms with Crippen LogP contribution in [-0.2, 0) is 11.3 Å². The van der Waals surface area contributed by atoms with Gasteiger partial charge >= 0.3 is 6.09 Å². The SMILES string of the molecule is CCC1OC(=O)N(Cc2ccc(NC(=O)c3ccc[nH]3)cc2)N=C1c1ccc(F)c(OC)c1OC. The van der Waals surface area contributed by atoms with Crippen molar-refractivity contribution in [2.45, 2.75) is 26.0 Å². The minimum atomic E-state index is -0.631. The summed E-state index contributed by atoms with van der Waals surface area (Å²) in [5.41, 5.74) is 2.72. The molecule has 1 atom stereocenters. The summed E-state index contributed by atoms with van der Waals surface area (Å²) in [7, 11) is 2.76. The van der Waals surface area contributed by atoms with E-state index in [4.69, 9.17) is 14.2 Å². The standard InChI is InChI=1S/C25H25FN4O5/c1-4-20-21(17-11-12-18(26)23(34-3)22(17)33-2)29-30(25(32)35-20)14-15-7-9-16(10-8-15)28-24(31)19-6-5-13-27-19/h5-13,20,27H,4,14H2,1-3H3,(H,28,31). The van der Waals surface area contributed by atoms with Crippen molar-refractivity contribution in [2.24, 2.45) is 5.10 Å². The molecule has 3 aromatic rings. The molecule has 0 saturated carbocycles. The number of halogens is 1. The molecule has 0 bridgehead atoms. The zero-order valence-corrected chi connectivity index (χ0v) is 19.5. The maximum absolute atomic E-state index is 14.2. The molecule has 0 aliphatic carbocycles. The van der Waals surface area contributed by atoms with Crippen LogP contribution in [0.1, 0.15) is 35.0 Å². The van der Waals surface area contributed by atoms with E-state index in [0.717, 1.165) is 5.56 Å². The highest BCUT2D eigenvalue weighted by molar-refractivity contribution is 6.08. The van der Waals surface area contributed by atoms with Crippen LogP contribution in [0.3, 0.4) is 0 Å². The Labute approximate surface area is 201 Å². The molecule has 1 aliphatic rings. The van der Waals surface area contributed by atoms with Gasteiger partial charge in [0.15, 0.2) is 17.3 Å². The molecule has 1 unspecified atom stereocenters. The second-order valence-electron chi connectivity index (χ2n) is 7.72. The van der Waals surface area contributed by atoms with Gasteiger partial charge in [0.05, 0.1) is 20.8 Å². The van der Waals surface area contributed by atoms with Gasteiger partial charge < -0.3 is 24.5 Å². The Bertz CT molecular complexity index is 1240. The molecule has 2 N–H and O–H groups in total. The van der Waals surface area contributed by atoms with Gasteiger partial charge in [-0.05, 0) is 48.4 Å². The number of aromatic amines is 1. The number of carbonyl (C=O) groups is 2. The first-order valence-electron chi connectivity index (χ1n) is 11.0. The van der Waals surface area contributed by atoms with Crippen molar-refractivity contribution < 1.29 is 28.2 Å². The largest absolute Gasteiger partial charge is 0.492 e. The van der Waals surface area contributed by atoms with E-state index in [0.29, 0.717) is 29.1 Å². The van der Waals surface area contributed by atoms with Crippen molar-refractivity contribution in [3.05, 3.63) is 77.4 Å². The van der Waals surface area contributed by atoms with Crippen molar-refractivity contribution in [3.63, 3.8) is 0 Å². The van der Waals surface area contributed by atoms with E-state index >= 15 is 0 Å². The molecule has 0 spiro atoms. The van der Waals surface area contributed by atoms with Crippen LogP contribution in [0.25, 0.3) is 0 Å². The summed E-state index contributed by atoms with van der Waals surface area (Å²) in [6, 6.07) is 13.2. The third-order valence-electron chi connectivity index (χ3n) is 5.49. The Kier molecular flexibility index (Phi) is 7.00. The van der Waals surface area contributed by atoms with E-state index in [1.807, 2.05) is 6.92 Å². The van der Waals surface area contributed by atoms with Crippen molar-refractivity contribution in [1.29, 1.82) is 0 Å². The van der Waals surface area contributed by atoms with Gasteiger partial charge in [-0.15, -0.1) is 0 Å². The van der Waals surface area contributed by atoms with Crippen molar-refractivity contribution in [1.82, 2.24) is 9.99 Å². The van der Waals surface area contributed by atoms with Crippen LogP contribution in [0.2, 0.25) is 0 Å². The number of nitrogens with zero attached hydrogens (tertiary/aromatic N) is 2. The number of methoxy groups -OCH3 is 2. The highest BCUT2D eigenvalue weighted by atomic mass is 19.1. The number of benzene rings is 2. The fourth-order valence-electron chi connectivity index (χ4n) is 3.75. The van der Waals surface area contributed by atoms with Gasteiger partial charge in [-0.1, -0.05) is 19.1 Å². The fraction of sp³-hybridized carbons (Fsp3) is 0.240. The Hall–Kier alpha value is -4.34. The van der Waals surface area contributed by atoms with E-state index in [9.17, 15) is 14.0 Å². The van der Waals surface area contributed by atoms with Gasteiger partial charge in [0.2, 0.25) is 0 Å². The summed E-state index contributed by atoms with van der Waals surface area (Å²) in [6.07, 6.45) is 0.910. The summed E-state index contributed by atoms with van der Waals surface area (Å²) in [6.45, 7) is 1.99. The predicted octanol–water partition coefficient (Wildman–Crippen LogP) is 4.56. The molecule has 10 heteroatoms. The Morgan fingerprint density at radius 3 is 2.51 bits per heavy atom. The third-order valence-corrected chi connectivity index (χ3v) is 5.49. The number of hydrazone groups is 1. The fourth-order valence-corrected chi connectivity index (χ4v) is 3.75. The topological polar surface area (TPSA) is 105 Å². The first-order valence-corrected chi connectivity index (χ1v) is 11.0. The first kappa shape index (κ1) is 23.8. The number of H-pyrrole nitrogens is 1. The summed E-state index contributed by atoms with van der Waals surface area (Å²) in [5.74, 6) is -0.714. The van der Waals surface area contributed by atoms with Crippen LogP contribution in [0.5, 0.6) is 11.5 Å². The molecule has 2 amide bonds. The van der Waals surface area contributed by atoms with Crippen LogP contribution in [-0.4, -0.2) is 48.0 Å². The molecule has 182 valence electrons. The van der Waals surface area contributed by atoms with Gasteiger partial charge in [-0.3, -0.25) is 4.79 Å². The monoisotopic (exact) mass is 480 g/mol. The second kappa shape index (κ2) is 10.3. The van der Waals surface area contributed by atoms with Crippen LogP contribution < -0.4 is 14.8 Å². The lowest BCUT2D eigenvalue weighted by molar-refractivity contribution is 0.0711. The number of nitrogens with one attached hydrogen (secondary N) is 2. The normalized spacial score (nSPS) is 15.3. The molecule has 2 aromatic carbocycles. The number of amides is 2. The number of hydrogen-bond donors (Lipinski definition) is 2. The molecule has 9 nitrogen and oxygen atoms in total. The molecular weight excluding hydrogens is 455 g/mol. The predicted molar refractivity (Wildman–Crippen MR) is 127 cm³/mol. The molecule has 1 aromatic heterocycles. The lowest BCUT2D eigenvalue weighted by Crippen LogP contribution is -2.41. The zero-order chi connectivity index (χ0) is 24.9. The number of rotatable bonds is 8. The summed E-state index contributed by atoms with van der Waals surface area (Å²) < 4.78 is 30.4. The Balaban J connectivity index is 1.58. The maximum atomic E-state index is 14.2. The summed E-state index contributed by atoms with van der Waals surface area (Å²) in [5, 5.41) is 8.53. The van der Waals surface area contributed by atoms with Crippen LogP contribution in [0, 0.1) is 5.82 Å². The average molecular weight is 480 g/mol. The lowest BCUT2D eigenvalue weighted by Gasteiger charge is -2.30. The van der Waals surface area contributed by atoms with Gasteiger partial charge in [0.1, 0.15) is 17.5 Å². The molecule has 0 radical (unpaired) electrons. The van der Waals surface area contributed by atoms with Crippen molar-refractivity contribution in [2.75, 3.05) is 19.5 Å². The molecule has 0 fully saturated rings. The minimum Gasteiger partial charge on any atom is -0.492 e. The average Bonchev–Trinajstić information content (AvgIpc) is 3.41. The van der Waals surface area contributed by atoms with Crippen LogP contribution in [0.4, 0.5) is 14.9 Å². The number of cyclic esters (lactones) is 1. The van der Waals surface area contributed by atoms with Crippen LogP contribution >= 0.6 is 0 Å². The van der Waals surface area contributed by atoms with Crippen LogP contribution in [0.15, 0.2) is 59.8 Å². The highest BCUT2D eigenvalue weighted by Gasteiger charge is 2.33. The van der Waals surface area contributed by atoms with Crippen molar-refractivity contribution in [3.8, 4) is 11.5 Å². The molecule has 35 heavy (non-hydrogen) atoms.